The van der Waals surface area contributed by atoms with Crippen LogP contribution in [0.15, 0.2) is 16.6 Å². The van der Waals surface area contributed by atoms with Gasteiger partial charge in [0.15, 0.2) is 0 Å². The van der Waals surface area contributed by atoms with Gasteiger partial charge in [-0.2, -0.15) is 0 Å². The van der Waals surface area contributed by atoms with Crippen molar-refractivity contribution < 1.29 is 0 Å². The number of aryl methyl sites for hydroxylation is 2. The van der Waals surface area contributed by atoms with Crippen LogP contribution in [0.4, 0.5) is 5.69 Å². The van der Waals surface area contributed by atoms with Crippen molar-refractivity contribution in [2.75, 3.05) is 11.9 Å². The van der Waals surface area contributed by atoms with Crippen LogP contribution >= 0.6 is 15.9 Å². The van der Waals surface area contributed by atoms with Crippen LogP contribution in [0.25, 0.3) is 10.9 Å². The summed E-state index contributed by atoms with van der Waals surface area (Å²) < 4.78 is 1.07. The van der Waals surface area contributed by atoms with Crippen LogP contribution in [0.1, 0.15) is 30.7 Å². The zero-order chi connectivity index (χ0) is 13.3. The second kappa shape index (κ2) is 5.27. The zero-order valence-electron chi connectivity index (χ0n) is 11.4. The molecule has 3 heteroatoms. The van der Waals surface area contributed by atoms with Gasteiger partial charge < -0.3 is 5.32 Å². The van der Waals surface area contributed by atoms with Gasteiger partial charge in [-0.25, -0.2) is 0 Å². The van der Waals surface area contributed by atoms with Gasteiger partial charge >= 0.3 is 0 Å². The van der Waals surface area contributed by atoms with E-state index in [9.17, 15) is 0 Å². The van der Waals surface area contributed by atoms with Gasteiger partial charge in [-0.1, -0.05) is 6.92 Å². The molecule has 0 unspecified atom stereocenters. The lowest BCUT2D eigenvalue weighted by Gasteiger charge is -2.16. The summed E-state index contributed by atoms with van der Waals surface area (Å²) in [6.45, 7) is 9.45. The highest BCUT2D eigenvalue weighted by Crippen LogP contribution is 2.33. The zero-order valence-corrected chi connectivity index (χ0v) is 13.0. The maximum absolute atomic E-state index is 4.74. The largest absolute Gasteiger partial charge is 0.384 e. The molecule has 0 aliphatic heterocycles. The average Bonchev–Trinajstić information content (AvgIpc) is 2.31. The summed E-state index contributed by atoms with van der Waals surface area (Å²) in [7, 11) is 0. The second-order valence-electron chi connectivity index (χ2n) is 4.58. The van der Waals surface area contributed by atoms with Crippen LogP contribution in [-0.2, 0) is 6.42 Å². The van der Waals surface area contributed by atoms with Gasteiger partial charge in [0.2, 0.25) is 0 Å². The van der Waals surface area contributed by atoms with E-state index in [4.69, 9.17) is 4.98 Å². The van der Waals surface area contributed by atoms with Crippen molar-refractivity contribution in [2.45, 2.75) is 34.1 Å². The van der Waals surface area contributed by atoms with Crippen molar-refractivity contribution in [1.82, 2.24) is 4.98 Å². The van der Waals surface area contributed by atoms with Gasteiger partial charge in [0.05, 0.1) is 5.52 Å². The van der Waals surface area contributed by atoms with Gasteiger partial charge in [-0.05, 0) is 66.4 Å². The summed E-state index contributed by atoms with van der Waals surface area (Å²) >= 11 is 3.62. The molecule has 1 N–H and O–H groups in total. The third-order valence-corrected chi connectivity index (χ3v) is 3.81. The molecule has 1 aromatic carbocycles. The van der Waals surface area contributed by atoms with E-state index in [-0.39, 0.29) is 0 Å². The van der Waals surface area contributed by atoms with Gasteiger partial charge in [0.25, 0.3) is 0 Å². The standard InChI is InChI=1S/C15H19BrN2/c1-5-11-10(4)18-15-12(14(11)17-6-2)7-9(3)8-13(15)16/h7-8H,5-6H2,1-4H3,(H,17,18). The SMILES string of the molecule is CCNc1c(CC)c(C)nc2c(Br)cc(C)cc12. The van der Waals surface area contributed by atoms with Crippen LogP contribution < -0.4 is 5.32 Å². The highest BCUT2D eigenvalue weighted by atomic mass is 79.9. The Labute approximate surface area is 117 Å². The van der Waals surface area contributed by atoms with Crippen molar-refractivity contribution in [3.8, 4) is 0 Å². The first-order valence-electron chi connectivity index (χ1n) is 6.41. The maximum Gasteiger partial charge on any atom is 0.0868 e. The molecule has 0 aliphatic rings. The predicted molar refractivity (Wildman–Crippen MR) is 82.5 cm³/mol. The highest BCUT2D eigenvalue weighted by molar-refractivity contribution is 9.10. The van der Waals surface area contributed by atoms with Crippen LogP contribution in [-0.4, -0.2) is 11.5 Å². The van der Waals surface area contributed by atoms with Crippen LogP contribution in [0.5, 0.6) is 0 Å². The fraction of sp³-hybridized carbons (Fsp3) is 0.400. The Morgan fingerprint density at radius 3 is 2.56 bits per heavy atom. The van der Waals surface area contributed by atoms with E-state index in [0.29, 0.717) is 0 Å². The first-order chi connectivity index (χ1) is 8.58. The van der Waals surface area contributed by atoms with Crippen molar-refractivity contribution >= 4 is 32.5 Å². The van der Waals surface area contributed by atoms with Crippen LogP contribution in [0, 0.1) is 13.8 Å². The van der Waals surface area contributed by atoms with E-state index in [1.165, 1.54) is 22.2 Å². The molecule has 1 aromatic heterocycles. The molecule has 0 aliphatic carbocycles. The van der Waals surface area contributed by atoms with E-state index in [0.717, 1.165) is 28.6 Å². The Kier molecular flexibility index (Phi) is 3.91. The summed E-state index contributed by atoms with van der Waals surface area (Å²) in [5.74, 6) is 0. The minimum Gasteiger partial charge on any atom is -0.384 e. The van der Waals surface area contributed by atoms with E-state index in [1.807, 2.05) is 0 Å². The summed E-state index contributed by atoms with van der Waals surface area (Å²) in [4.78, 5) is 4.74. The minimum atomic E-state index is 0.928. The van der Waals surface area contributed by atoms with E-state index in [1.54, 1.807) is 0 Å². The molecule has 2 rings (SSSR count). The van der Waals surface area contributed by atoms with Crippen molar-refractivity contribution in [3.05, 3.63) is 33.4 Å². The molecule has 0 amide bonds. The Bertz CT molecular complexity index is 591. The fourth-order valence-electron chi connectivity index (χ4n) is 2.43. The number of hydrogen-bond donors (Lipinski definition) is 1. The van der Waals surface area contributed by atoms with Gasteiger partial charge in [-0.3, -0.25) is 4.98 Å². The normalized spacial score (nSPS) is 10.9. The van der Waals surface area contributed by atoms with Crippen molar-refractivity contribution in [3.63, 3.8) is 0 Å². The molecule has 0 spiro atoms. The minimum absolute atomic E-state index is 0.928. The predicted octanol–water partition coefficient (Wildman–Crippen LogP) is 4.61. The number of hydrogen-bond acceptors (Lipinski definition) is 2. The average molecular weight is 307 g/mol. The maximum atomic E-state index is 4.74. The number of nitrogens with one attached hydrogen (secondary N) is 1. The third kappa shape index (κ3) is 2.24. The number of fused-ring (bicyclic) bond motifs is 1. The molecular weight excluding hydrogens is 288 g/mol. The Hall–Kier alpha value is -1.09. The molecule has 1 heterocycles. The van der Waals surface area contributed by atoms with Gasteiger partial charge in [0, 0.05) is 27.8 Å². The van der Waals surface area contributed by atoms with Crippen LogP contribution in [0.2, 0.25) is 0 Å². The first kappa shape index (κ1) is 13.3. The lowest BCUT2D eigenvalue weighted by atomic mass is 10.0. The monoisotopic (exact) mass is 306 g/mol. The first-order valence-corrected chi connectivity index (χ1v) is 7.21. The third-order valence-electron chi connectivity index (χ3n) is 3.20. The Morgan fingerprint density at radius 1 is 1.22 bits per heavy atom. The topological polar surface area (TPSA) is 24.9 Å². The Balaban J connectivity index is 2.87. The van der Waals surface area contributed by atoms with E-state index in [2.05, 4.69) is 61.1 Å². The summed E-state index contributed by atoms with van der Waals surface area (Å²) in [6, 6.07) is 4.33. The van der Waals surface area contributed by atoms with Crippen molar-refractivity contribution in [1.29, 1.82) is 0 Å². The van der Waals surface area contributed by atoms with Gasteiger partial charge in [-0.15, -0.1) is 0 Å². The number of aromatic nitrogens is 1. The van der Waals surface area contributed by atoms with Gasteiger partial charge in [0.1, 0.15) is 0 Å². The van der Waals surface area contributed by atoms with Crippen molar-refractivity contribution in [2.24, 2.45) is 0 Å². The quantitative estimate of drug-likeness (QED) is 0.896. The molecule has 0 fully saturated rings. The number of halogens is 1. The highest BCUT2D eigenvalue weighted by Gasteiger charge is 2.13. The summed E-state index contributed by atoms with van der Waals surface area (Å²) in [6.07, 6.45) is 1.00. The molecule has 96 valence electrons. The summed E-state index contributed by atoms with van der Waals surface area (Å²) in [5.41, 5.74) is 5.98. The molecular formula is C15H19BrN2. The number of nitrogens with zero attached hydrogens (tertiary/aromatic N) is 1. The van der Waals surface area contributed by atoms with Crippen LogP contribution in [0.3, 0.4) is 0 Å². The van der Waals surface area contributed by atoms with E-state index < -0.39 is 0 Å². The number of anilines is 1. The molecule has 0 saturated carbocycles. The second-order valence-corrected chi connectivity index (χ2v) is 5.43. The molecule has 2 aromatic rings. The number of pyridine rings is 1. The summed E-state index contributed by atoms with van der Waals surface area (Å²) in [5, 5.41) is 4.72. The fourth-order valence-corrected chi connectivity index (χ4v) is 3.09. The van der Waals surface area contributed by atoms with E-state index >= 15 is 0 Å². The number of benzene rings is 1. The molecule has 18 heavy (non-hydrogen) atoms. The number of rotatable bonds is 3. The lowest BCUT2D eigenvalue weighted by Crippen LogP contribution is -2.05. The molecule has 2 nitrogen and oxygen atoms in total. The molecule has 0 radical (unpaired) electrons. The molecule has 0 atom stereocenters. The molecule has 0 saturated heterocycles. The lowest BCUT2D eigenvalue weighted by molar-refractivity contribution is 1.06. The molecule has 0 bridgehead atoms. The Morgan fingerprint density at radius 2 is 1.94 bits per heavy atom. The smallest absolute Gasteiger partial charge is 0.0868 e.